The minimum absolute atomic E-state index is 0.210. The molecular formula is C15H15Cl2N3O. The summed E-state index contributed by atoms with van der Waals surface area (Å²) in [5.41, 5.74) is 6.07. The molecular weight excluding hydrogens is 309 g/mol. The fourth-order valence-electron chi connectivity index (χ4n) is 2.14. The second kappa shape index (κ2) is 6.33. The van der Waals surface area contributed by atoms with Gasteiger partial charge in [0.2, 0.25) is 5.91 Å². The number of rotatable bonds is 3. The topological polar surface area (TPSA) is 46.4 Å². The van der Waals surface area contributed by atoms with Crippen LogP contribution in [0.25, 0.3) is 5.69 Å². The van der Waals surface area contributed by atoms with Crippen LogP contribution in [0.3, 0.4) is 0 Å². The Morgan fingerprint density at radius 3 is 2.67 bits per heavy atom. The first-order valence-electron chi connectivity index (χ1n) is 6.34. The predicted octanol–water partition coefficient (Wildman–Crippen LogP) is 3.87. The number of hydrazone groups is 1. The number of aromatic nitrogens is 1. The quantitative estimate of drug-likeness (QED) is 0.676. The van der Waals surface area contributed by atoms with Crippen LogP contribution < -0.4 is 5.43 Å². The normalized spacial score (nSPS) is 11.1. The van der Waals surface area contributed by atoms with E-state index in [0.29, 0.717) is 10.0 Å². The molecule has 1 aromatic carbocycles. The second-order valence-electron chi connectivity index (χ2n) is 4.68. The molecule has 1 heterocycles. The Balaban J connectivity index is 2.46. The lowest BCUT2D eigenvalue weighted by Crippen LogP contribution is -2.12. The van der Waals surface area contributed by atoms with Gasteiger partial charge >= 0.3 is 0 Å². The van der Waals surface area contributed by atoms with Crippen LogP contribution in [0.15, 0.2) is 29.4 Å². The van der Waals surface area contributed by atoms with E-state index in [0.717, 1.165) is 22.6 Å². The third kappa shape index (κ3) is 3.46. The Morgan fingerprint density at radius 1 is 1.29 bits per heavy atom. The summed E-state index contributed by atoms with van der Waals surface area (Å²) in [7, 11) is 0. The largest absolute Gasteiger partial charge is 0.316 e. The van der Waals surface area contributed by atoms with Crippen molar-refractivity contribution in [3.63, 3.8) is 0 Å². The zero-order valence-electron chi connectivity index (χ0n) is 11.9. The van der Waals surface area contributed by atoms with E-state index in [2.05, 4.69) is 10.5 Å². The summed E-state index contributed by atoms with van der Waals surface area (Å²) in [5, 5.41) is 5.13. The molecule has 0 spiro atoms. The molecule has 0 saturated carbocycles. The van der Waals surface area contributed by atoms with Crippen LogP contribution in [0.1, 0.15) is 23.9 Å². The molecule has 0 aliphatic carbocycles. The van der Waals surface area contributed by atoms with Gasteiger partial charge in [-0.05, 0) is 38.1 Å². The van der Waals surface area contributed by atoms with Crippen molar-refractivity contribution in [2.45, 2.75) is 20.8 Å². The highest BCUT2D eigenvalue weighted by Crippen LogP contribution is 2.28. The smallest absolute Gasteiger partial charge is 0.236 e. The van der Waals surface area contributed by atoms with Gasteiger partial charge in [-0.25, -0.2) is 5.43 Å². The number of halogens is 2. The first kappa shape index (κ1) is 15.6. The molecule has 0 saturated heterocycles. The highest BCUT2D eigenvalue weighted by Gasteiger charge is 2.12. The average Bonchev–Trinajstić information content (AvgIpc) is 2.67. The molecule has 0 aliphatic heterocycles. The molecule has 0 radical (unpaired) electrons. The minimum Gasteiger partial charge on any atom is -0.316 e. The van der Waals surface area contributed by atoms with Gasteiger partial charge in [0, 0.05) is 28.9 Å². The molecule has 0 unspecified atom stereocenters. The van der Waals surface area contributed by atoms with Gasteiger partial charge in [-0.15, -0.1) is 0 Å². The summed E-state index contributed by atoms with van der Waals surface area (Å²) >= 11 is 12.3. The summed E-state index contributed by atoms with van der Waals surface area (Å²) in [5.74, 6) is -0.210. The van der Waals surface area contributed by atoms with Crippen molar-refractivity contribution >= 4 is 35.3 Å². The Morgan fingerprint density at radius 2 is 2.00 bits per heavy atom. The molecule has 0 fully saturated rings. The molecule has 2 rings (SSSR count). The van der Waals surface area contributed by atoms with Crippen LogP contribution >= 0.6 is 23.2 Å². The number of nitrogens with zero attached hydrogens (tertiary/aromatic N) is 2. The van der Waals surface area contributed by atoms with Crippen molar-refractivity contribution in [1.82, 2.24) is 9.99 Å². The molecule has 4 nitrogen and oxygen atoms in total. The van der Waals surface area contributed by atoms with Crippen molar-refractivity contribution < 1.29 is 4.79 Å². The van der Waals surface area contributed by atoms with Crippen LogP contribution in [0.5, 0.6) is 0 Å². The van der Waals surface area contributed by atoms with Crippen molar-refractivity contribution in [2.75, 3.05) is 0 Å². The maximum Gasteiger partial charge on any atom is 0.236 e. The summed E-state index contributed by atoms with van der Waals surface area (Å²) in [6.45, 7) is 5.34. The van der Waals surface area contributed by atoms with Gasteiger partial charge in [0.15, 0.2) is 0 Å². The van der Waals surface area contributed by atoms with Crippen molar-refractivity contribution in [1.29, 1.82) is 0 Å². The number of hydrogen-bond donors (Lipinski definition) is 1. The van der Waals surface area contributed by atoms with Gasteiger partial charge in [0.25, 0.3) is 0 Å². The van der Waals surface area contributed by atoms with Gasteiger partial charge < -0.3 is 4.57 Å². The number of nitrogens with one attached hydrogen (secondary N) is 1. The van der Waals surface area contributed by atoms with Gasteiger partial charge in [-0.3, -0.25) is 4.79 Å². The molecule has 1 amide bonds. The van der Waals surface area contributed by atoms with Crippen molar-refractivity contribution in [3.8, 4) is 5.69 Å². The van der Waals surface area contributed by atoms with Crippen LogP contribution in [-0.4, -0.2) is 16.7 Å². The molecule has 0 bridgehead atoms. The number of carbonyl (C=O) groups is 1. The van der Waals surface area contributed by atoms with E-state index < -0.39 is 0 Å². The van der Waals surface area contributed by atoms with Crippen LogP contribution in [-0.2, 0) is 4.79 Å². The molecule has 1 N–H and O–H groups in total. The third-order valence-corrected chi connectivity index (χ3v) is 3.60. The molecule has 0 atom stereocenters. The molecule has 0 aliphatic rings. The van der Waals surface area contributed by atoms with Gasteiger partial charge in [0.1, 0.15) is 0 Å². The SMILES string of the molecule is CC(=O)N/N=C\c1cc(C)n(-c2cc(Cl)ccc2Cl)c1C. The van der Waals surface area contributed by atoms with Crippen molar-refractivity contribution in [2.24, 2.45) is 5.10 Å². The number of hydrogen-bond acceptors (Lipinski definition) is 2. The van der Waals surface area contributed by atoms with Gasteiger partial charge in [-0.1, -0.05) is 23.2 Å². The molecule has 1 aromatic heterocycles. The zero-order valence-corrected chi connectivity index (χ0v) is 13.5. The van der Waals surface area contributed by atoms with Crippen LogP contribution in [0.2, 0.25) is 10.0 Å². The summed E-state index contributed by atoms with van der Waals surface area (Å²) in [6.07, 6.45) is 1.61. The van der Waals surface area contributed by atoms with E-state index >= 15 is 0 Å². The lowest BCUT2D eigenvalue weighted by atomic mass is 10.2. The van der Waals surface area contributed by atoms with E-state index in [9.17, 15) is 4.79 Å². The predicted molar refractivity (Wildman–Crippen MR) is 86.7 cm³/mol. The summed E-state index contributed by atoms with van der Waals surface area (Å²) < 4.78 is 2.00. The number of aryl methyl sites for hydroxylation is 1. The number of amides is 1. The molecule has 2 aromatic rings. The highest BCUT2D eigenvalue weighted by molar-refractivity contribution is 6.34. The first-order valence-corrected chi connectivity index (χ1v) is 7.09. The van der Waals surface area contributed by atoms with E-state index in [4.69, 9.17) is 23.2 Å². The van der Waals surface area contributed by atoms with E-state index in [1.54, 1.807) is 18.3 Å². The minimum atomic E-state index is -0.210. The molecule has 6 heteroatoms. The second-order valence-corrected chi connectivity index (χ2v) is 5.53. The van der Waals surface area contributed by atoms with Gasteiger partial charge in [-0.2, -0.15) is 5.10 Å². The summed E-state index contributed by atoms with van der Waals surface area (Å²) in [4.78, 5) is 10.8. The van der Waals surface area contributed by atoms with E-state index in [1.165, 1.54) is 6.92 Å². The Bertz CT molecular complexity index is 720. The highest BCUT2D eigenvalue weighted by atomic mass is 35.5. The lowest BCUT2D eigenvalue weighted by molar-refractivity contribution is -0.118. The number of benzene rings is 1. The number of carbonyl (C=O) groups excluding carboxylic acids is 1. The zero-order chi connectivity index (χ0) is 15.6. The van der Waals surface area contributed by atoms with E-state index in [-0.39, 0.29) is 5.91 Å². The maximum absolute atomic E-state index is 10.8. The fraction of sp³-hybridized carbons (Fsp3) is 0.200. The maximum atomic E-state index is 10.8. The first-order chi connectivity index (χ1) is 9.90. The fourth-order valence-corrected chi connectivity index (χ4v) is 2.51. The average molecular weight is 324 g/mol. The van der Waals surface area contributed by atoms with E-state index in [1.807, 2.05) is 30.5 Å². The lowest BCUT2D eigenvalue weighted by Gasteiger charge is -2.12. The molecule has 21 heavy (non-hydrogen) atoms. The Hall–Kier alpha value is -1.78. The summed E-state index contributed by atoms with van der Waals surface area (Å²) in [6, 6.07) is 7.31. The van der Waals surface area contributed by atoms with Crippen molar-refractivity contribution in [3.05, 3.63) is 51.3 Å². The Labute approximate surface area is 133 Å². The molecule has 110 valence electrons. The third-order valence-electron chi connectivity index (χ3n) is 3.04. The monoisotopic (exact) mass is 323 g/mol. The van der Waals surface area contributed by atoms with Crippen LogP contribution in [0, 0.1) is 13.8 Å². The Kier molecular flexibility index (Phi) is 4.70. The van der Waals surface area contributed by atoms with Crippen LogP contribution in [0.4, 0.5) is 0 Å². The van der Waals surface area contributed by atoms with Gasteiger partial charge in [0.05, 0.1) is 16.9 Å². The standard InChI is InChI=1S/C15H15Cl2N3O/c1-9-6-12(8-18-19-11(3)21)10(2)20(9)15-7-13(16)4-5-14(15)17/h4-8H,1-3H3,(H,19,21)/b18-8-.